The molecule has 0 aliphatic heterocycles. The molecule has 0 saturated heterocycles. The lowest BCUT2D eigenvalue weighted by molar-refractivity contribution is 0.0937. The molecule has 0 saturated carbocycles. The van der Waals surface area contributed by atoms with Crippen molar-refractivity contribution < 1.29 is 4.79 Å². The van der Waals surface area contributed by atoms with Crippen LogP contribution in [-0.4, -0.2) is 24.0 Å². The van der Waals surface area contributed by atoms with Crippen LogP contribution in [0.3, 0.4) is 0 Å². The van der Waals surface area contributed by atoms with Gasteiger partial charge in [0.15, 0.2) is 0 Å². The second kappa shape index (κ2) is 7.77. The fraction of sp³-hybridized carbons (Fsp3) is 0.600. The number of nitrogens with zero attached hydrogens (tertiary/aromatic N) is 1. The summed E-state index contributed by atoms with van der Waals surface area (Å²) >= 11 is 0. The zero-order valence-corrected chi connectivity index (χ0v) is 12.4. The van der Waals surface area contributed by atoms with Crippen molar-refractivity contribution in [2.75, 3.05) is 12.4 Å². The lowest BCUT2D eigenvalue weighted by Gasteiger charge is -2.14. The van der Waals surface area contributed by atoms with E-state index in [-0.39, 0.29) is 11.9 Å². The van der Waals surface area contributed by atoms with Gasteiger partial charge in [-0.05, 0) is 31.4 Å². The predicted octanol–water partition coefficient (Wildman–Crippen LogP) is 3.07. The maximum absolute atomic E-state index is 12.0. The number of pyridine rings is 1. The molecule has 1 heterocycles. The number of hydrogen-bond donors (Lipinski definition) is 2. The minimum Gasteiger partial charge on any atom is -0.373 e. The molecule has 0 aliphatic rings. The third-order valence-electron chi connectivity index (χ3n) is 3.08. The third-order valence-corrected chi connectivity index (χ3v) is 3.08. The molecule has 1 aromatic heterocycles. The fourth-order valence-electron chi connectivity index (χ4n) is 1.89. The molecule has 4 nitrogen and oxygen atoms in total. The van der Waals surface area contributed by atoms with Crippen LogP contribution in [0.5, 0.6) is 0 Å². The molecule has 2 N–H and O–H groups in total. The van der Waals surface area contributed by atoms with Gasteiger partial charge in [-0.1, -0.05) is 26.7 Å². The summed E-state index contributed by atoms with van der Waals surface area (Å²) in [5, 5.41) is 5.94. The maximum atomic E-state index is 12.0. The Morgan fingerprint density at radius 3 is 2.53 bits per heavy atom. The average molecular weight is 263 g/mol. The predicted molar refractivity (Wildman–Crippen MR) is 79.4 cm³/mol. The summed E-state index contributed by atoms with van der Waals surface area (Å²) in [6.45, 7) is 6.49. The normalized spacial score (nSPS) is 12.3. The van der Waals surface area contributed by atoms with Gasteiger partial charge in [0.2, 0.25) is 0 Å². The van der Waals surface area contributed by atoms with Crippen molar-refractivity contribution in [3.63, 3.8) is 0 Å². The Hall–Kier alpha value is -1.58. The van der Waals surface area contributed by atoms with Crippen LogP contribution >= 0.6 is 0 Å². The van der Waals surface area contributed by atoms with Gasteiger partial charge in [-0.2, -0.15) is 0 Å². The number of carbonyl (C=O) groups is 1. The Kier molecular flexibility index (Phi) is 6.33. The number of hydrogen-bond acceptors (Lipinski definition) is 3. The molecule has 1 unspecified atom stereocenters. The van der Waals surface area contributed by atoms with E-state index in [1.54, 1.807) is 25.4 Å². The number of amides is 1. The van der Waals surface area contributed by atoms with Gasteiger partial charge in [0.1, 0.15) is 5.82 Å². The van der Waals surface area contributed by atoms with E-state index in [1.165, 1.54) is 6.42 Å². The first-order valence-electron chi connectivity index (χ1n) is 6.97. The first-order chi connectivity index (χ1) is 9.02. The lowest BCUT2D eigenvalue weighted by atomic mass is 10.0. The van der Waals surface area contributed by atoms with E-state index in [9.17, 15) is 4.79 Å². The fourth-order valence-corrected chi connectivity index (χ4v) is 1.89. The van der Waals surface area contributed by atoms with Gasteiger partial charge < -0.3 is 10.6 Å². The minimum atomic E-state index is -0.0489. The number of aromatic nitrogens is 1. The zero-order chi connectivity index (χ0) is 14.3. The summed E-state index contributed by atoms with van der Waals surface area (Å²) in [7, 11) is 1.80. The van der Waals surface area contributed by atoms with E-state index in [0.29, 0.717) is 5.56 Å². The summed E-state index contributed by atoms with van der Waals surface area (Å²) in [5.74, 6) is 1.44. The molecule has 0 aromatic carbocycles. The smallest absolute Gasteiger partial charge is 0.253 e. The van der Waals surface area contributed by atoms with Gasteiger partial charge in [0.25, 0.3) is 5.91 Å². The molecule has 0 radical (unpaired) electrons. The molecule has 19 heavy (non-hydrogen) atoms. The van der Waals surface area contributed by atoms with Crippen LogP contribution in [0.25, 0.3) is 0 Å². The molecule has 0 bridgehead atoms. The Labute approximate surface area is 116 Å². The Bertz CT molecular complexity index is 387. The summed E-state index contributed by atoms with van der Waals surface area (Å²) < 4.78 is 0. The van der Waals surface area contributed by atoms with E-state index < -0.39 is 0 Å². The van der Waals surface area contributed by atoms with Gasteiger partial charge in [0.05, 0.1) is 5.56 Å². The van der Waals surface area contributed by atoms with E-state index in [4.69, 9.17) is 0 Å². The highest BCUT2D eigenvalue weighted by molar-refractivity contribution is 5.94. The van der Waals surface area contributed by atoms with E-state index >= 15 is 0 Å². The third kappa shape index (κ3) is 5.73. The monoisotopic (exact) mass is 263 g/mol. The first-order valence-corrected chi connectivity index (χ1v) is 6.97. The van der Waals surface area contributed by atoms with Crippen LogP contribution in [0.15, 0.2) is 18.3 Å². The Morgan fingerprint density at radius 1 is 1.26 bits per heavy atom. The SMILES string of the molecule is CNc1ccc(C(=O)NC(C)CCCC(C)C)cn1. The molecule has 0 fully saturated rings. The Balaban J connectivity index is 2.40. The molecule has 0 spiro atoms. The summed E-state index contributed by atoms with van der Waals surface area (Å²) in [6.07, 6.45) is 4.97. The summed E-state index contributed by atoms with van der Waals surface area (Å²) in [6, 6.07) is 3.79. The van der Waals surface area contributed by atoms with Crippen LogP contribution in [0, 0.1) is 5.92 Å². The highest BCUT2D eigenvalue weighted by Crippen LogP contribution is 2.09. The standard InChI is InChI=1S/C15H25N3O/c1-11(2)6-5-7-12(3)18-15(19)13-8-9-14(16-4)17-10-13/h8-12H,5-7H2,1-4H3,(H,16,17)(H,18,19). The van der Waals surface area contributed by atoms with Crippen LogP contribution in [0.1, 0.15) is 50.4 Å². The minimum absolute atomic E-state index is 0.0489. The number of carbonyl (C=O) groups excluding carboxylic acids is 1. The van der Waals surface area contributed by atoms with Gasteiger partial charge in [-0.3, -0.25) is 4.79 Å². The van der Waals surface area contributed by atoms with Gasteiger partial charge >= 0.3 is 0 Å². The van der Waals surface area contributed by atoms with Crippen molar-refractivity contribution in [2.45, 2.75) is 46.1 Å². The molecule has 1 atom stereocenters. The van der Waals surface area contributed by atoms with Crippen LogP contribution in [0.2, 0.25) is 0 Å². The molecule has 4 heteroatoms. The van der Waals surface area contributed by atoms with E-state index in [0.717, 1.165) is 24.6 Å². The molecular formula is C15H25N3O. The van der Waals surface area contributed by atoms with Crippen molar-refractivity contribution in [3.8, 4) is 0 Å². The topological polar surface area (TPSA) is 54.0 Å². The molecule has 1 aromatic rings. The molecule has 106 valence electrons. The lowest BCUT2D eigenvalue weighted by Crippen LogP contribution is -2.32. The first kappa shape index (κ1) is 15.5. The maximum Gasteiger partial charge on any atom is 0.253 e. The van der Waals surface area contributed by atoms with Crippen molar-refractivity contribution in [2.24, 2.45) is 5.92 Å². The highest BCUT2D eigenvalue weighted by Gasteiger charge is 2.10. The quantitative estimate of drug-likeness (QED) is 0.795. The summed E-state index contributed by atoms with van der Waals surface area (Å²) in [5.41, 5.74) is 0.606. The number of anilines is 1. The highest BCUT2D eigenvalue weighted by atomic mass is 16.1. The molecule has 1 rings (SSSR count). The van der Waals surface area contributed by atoms with Crippen molar-refractivity contribution >= 4 is 11.7 Å². The second-order valence-corrected chi connectivity index (χ2v) is 5.38. The Morgan fingerprint density at radius 2 is 2.00 bits per heavy atom. The molecule has 1 amide bonds. The van der Waals surface area contributed by atoms with Crippen molar-refractivity contribution in [3.05, 3.63) is 23.9 Å². The van der Waals surface area contributed by atoms with Crippen LogP contribution in [0.4, 0.5) is 5.82 Å². The largest absolute Gasteiger partial charge is 0.373 e. The second-order valence-electron chi connectivity index (χ2n) is 5.38. The van der Waals surface area contributed by atoms with Crippen LogP contribution < -0.4 is 10.6 Å². The van der Waals surface area contributed by atoms with Gasteiger partial charge in [-0.15, -0.1) is 0 Å². The molecule has 0 aliphatic carbocycles. The van der Waals surface area contributed by atoms with Gasteiger partial charge in [-0.25, -0.2) is 4.98 Å². The number of nitrogens with one attached hydrogen (secondary N) is 2. The van der Waals surface area contributed by atoms with Crippen molar-refractivity contribution in [1.82, 2.24) is 10.3 Å². The average Bonchev–Trinajstić information content (AvgIpc) is 2.38. The van der Waals surface area contributed by atoms with Crippen molar-refractivity contribution in [1.29, 1.82) is 0 Å². The molecular weight excluding hydrogens is 238 g/mol. The van der Waals surface area contributed by atoms with E-state index in [1.807, 2.05) is 6.92 Å². The number of rotatable bonds is 7. The summed E-state index contributed by atoms with van der Waals surface area (Å²) in [4.78, 5) is 16.1. The van der Waals surface area contributed by atoms with E-state index in [2.05, 4.69) is 29.5 Å². The van der Waals surface area contributed by atoms with Crippen LogP contribution in [-0.2, 0) is 0 Å². The van der Waals surface area contributed by atoms with Gasteiger partial charge in [0, 0.05) is 19.3 Å². The zero-order valence-electron chi connectivity index (χ0n) is 12.4.